The highest BCUT2D eigenvalue weighted by atomic mass is 32.2. The van der Waals surface area contributed by atoms with Gasteiger partial charge in [0.2, 0.25) is 0 Å². The maximum atomic E-state index is 13.7. The number of sulfone groups is 1. The summed E-state index contributed by atoms with van der Waals surface area (Å²) in [7, 11) is -2.43. The second-order valence-electron chi connectivity index (χ2n) is 3.44. The molecule has 0 aliphatic heterocycles. The summed E-state index contributed by atoms with van der Waals surface area (Å²) >= 11 is 0. The number of halogens is 1. The van der Waals surface area contributed by atoms with Crippen LogP contribution in [-0.2, 0) is 16.3 Å². The van der Waals surface area contributed by atoms with Crippen LogP contribution < -0.4 is 10.5 Å². The van der Waals surface area contributed by atoms with Crippen LogP contribution in [0.25, 0.3) is 0 Å². The second-order valence-corrected chi connectivity index (χ2v) is 5.39. The van der Waals surface area contributed by atoms with Crippen LogP contribution in [0.5, 0.6) is 5.75 Å². The molecule has 0 unspecified atom stereocenters. The summed E-state index contributed by atoms with van der Waals surface area (Å²) in [5.41, 5.74) is 5.64. The fourth-order valence-corrected chi connectivity index (χ4v) is 2.62. The van der Waals surface area contributed by atoms with Gasteiger partial charge in [0, 0.05) is 24.3 Å². The van der Waals surface area contributed by atoms with E-state index in [1.165, 1.54) is 7.11 Å². The summed E-state index contributed by atoms with van der Waals surface area (Å²) in [4.78, 5) is -0.457. The standard InChI is InChI=1S/C11H12FNO3S/c1-4-5-7-10(16-2)9(13)6-8(12)11(7)17(3,14)15/h1,6H,5,13H2,2-3H3. The molecule has 0 saturated carbocycles. The van der Waals surface area contributed by atoms with Gasteiger partial charge in [-0.3, -0.25) is 0 Å². The molecule has 17 heavy (non-hydrogen) atoms. The molecule has 0 saturated heterocycles. The Labute approximate surface area is 99.5 Å². The second kappa shape index (κ2) is 4.63. The normalized spacial score (nSPS) is 10.9. The van der Waals surface area contributed by atoms with Crippen LogP contribution in [0, 0.1) is 18.2 Å². The average Bonchev–Trinajstić information content (AvgIpc) is 2.15. The van der Waals surface area contributed by atoms with Crippen molar-refractivity contribution < 1.29 is 17.5 Å². The first kappa shape index (κ1) is 13.3. The van der Waals surface area contributed by atoms with Crippen molar-refractivity contribution in [2.45, 2.75) is 11.3 Å². The predicted molar refractivity (Wildman–Crippen MR) is 63.0 cm³/mol. The van der Waals surface area contributed by atoms with Gasteiger partial charge >= 0.3 is 0 Å². The smallest absolute Gasteiger partial charge is 0.178 e. The summed E-state index contributed by atoms with van der Waals surface area (Å²) in [5.74, 6) is 1.44. The van der Waals surface area contributed by atoms with Crippen LogP contribution in [-0.4, -0.2) is 21.8 Å². The third-order valence-corrected chi connectivity index (χ3v) is 3.35. The van der Waals surface area contributed by atoms with Gasteiger partial charge in [-0.2, -0.15) is 0 Å². The van der Waals surface area contributed by atoms with Gasteiger partial charge < -0.3 is 10.5 Å². The number of rotatable bonds is 3. The minimum atomic E-state index is -3.74. The fourth-order valence-electron chi connectivity index (χ4n) is 1.59. The Morgan fingerprint density at radius 3 is 2.59 bits per heavy atom. The minimum absolute atomic E-state index is 0.0163. The number of terminal acetylenes is 1. The number of benzene rings is 1. The summed E-state index contributed by atoms with van der Waals surface area (Å²) in [5, 5.41) is 0. The lowest BCUT2D eigenvalue weighted by Crippen LogP contribution is -2.09. The van der Waals surface area contributed by atoms with Crippen molar-refractivity contribution in [1.29, 1.82) is 0 Å². The van der Waals surface area contributed by atoms with E-state index < -0.39 is 20.5 Å². The molecule has 0 spiro atoms. The zero-order valence-corrected chi connectivity index (χ0v) is 10.3. The van der Waals surface area contributed by atoms with Gasteiger partial charge in [0.25, 0.3) is 0 Å². The van der Waals surface area contributed by atoms with Gasteiger partial charge in [-0.05, 0) is 0 Å². The quantitative estimate of drug-likeness (QED) is 0.647. The van der Waals surface area contributed by atoms with Crippen molar-refractivity contribution in [2.24, 2.45) is 0 Å². The van der Waals surface area contributed by atoms with Crippen LogP contribution in [0.3, 0.4) is 0 Å². The fraction of sp³-hybridized carbons (Fsp3) is 0.273. The van der Waals surface area contributed by atoms with Crippen molar-refractivity contribution in [3.8, 4) is 18.1 Å². The third-order valence-electron chi connectivity index (χ3n) is 2.16. The molecule has 0 heterocycles. The van der Waals surface area contributed by atoms with Gasteiger partial charge in [-0.25, -0.2) is 12.8 Å². The number of anilines is 1. The predicted octanol–water partition coefficient (Wildman–Crippen LogP) is 0.996. The van der Waals surface area contributed by atoms with E-state index >= 15 is 0 Å². The molecule has 0 atom stereocenters. The molecule has 6 heteroatoms. The molecular weight excluding hydrogens is 245 g/mol. The summed E-state index contributed by atoms with van der Waals surface area (Å²) in [6.07, 6.45) is 5.96. The van der Waals surface area contributed by atoms with E-state index in [9.17, 15) is 12.8 Å². The molecule has 0 fully saturated rings. The van der Waals surface area contributed by atoms with Crippen molar-refractivity contribution in [1.82, 2.24) is 0 Å². The van der Waals surface area contributed by atoms with Gasteiger partial charge in [0.05, 0.1) is 12.8 Å². The molecule has 92 valence electrons. The molecule has 0 bridgehead atoms. The Balaban J connectivity index is 3.76. The third kappa shape index (κ3) is 2.50. The number of nitrogen functional groups attached to an aromatic ring is 1. The van der Waals surface area contributed by atoms with Gasteiger partial charge in [0.15, 0.2) is 9.84 Å². The molecule has 0 aromatic heterocycles. The van der Waals surface area contributed by atoms with Crippen LogP contribution in [0.1, 0.15) is 5.56 Å². The Morgan fingerprint density at radius 2 is 2.18 bits per heavy atom. The first-order chi connectivity index (χ1) is 7.82. The highest BCUT2D eigenvalue weighted by Gasteiger charge is 2.24. The molecule has 0 aliphatic carbocycles. The van der Waals surface area contributed by atoms with E-state index in [2.05, 4.69) is 5.92 Å². The Morgan fingerprint density at radius 1 is 1.59 bits per heavy atom. The molecule has 4 nitrogen and oxygen atoms in total. The number of hydrogen-bond acceptors (Lipinski definition) is 4. The van der Waals surface area contributed by atoms with Gasteiger partial charge in [-0.1, -0.05) is 0 Å². The first-order valence-corrected chi connectivity index (χ1v) is 6.50. The van der Waals surface area contributed by atoms with E-state index in [0.717, 1.165) is 12.3 Å². The lowest BCUT2D eigenvalue weighted by atomic mass is 10.1. The van der Waals surface area contributed by atoms with Crippen LogP contribution in [0.15, 0.2) is 11.0 Å². The number of nitrogens with two attached hydrogens (primary N) is 1. The number of hydrogen-bond donors (Lipinski definition) is 1. The SMILES string of the molecule is C#CCc1c(OC)c(N)cc(F)c1S(C)(=O)=O. The monoisotopic (exact) mass is 257 g/mol. The van der Waals surface area contributed by atoms with Crippen LogP contribution in [0.2, 0.25) is 0 Å². The van der Waals surface area contributed by atoms with Crippen LogP contribution >= 0.6 is 0 Å². The zero-order valence-electron chi connectivity index (χ0n) is 9.45. The molecular formula is C11H12FNO3S. The largest absolute Gasteiger partial charge is 0.494 e. The van der Waals surface area contributed by atoms with Gasteiger partial charge in [-0.15, -0.1) is 12.3 Å². The van der Waals surface area contributed by atoms with E-state index in [1.807, 2.05) is 0 Å². The molecule has 0 amide bonds. The summed E-state index contributed by atoms with van der Waals surface area (Å²) in [6.45, 7) is 0. The van der Waals surface area contributed by atoms with Crippen molar-refractivity contribution >= 4 is 15.5 Å². The highest BCUT2D eigenvalue weighted by molar-refractivity contribution is 7.90. The Kier molecular flexibility index (Phi) is 3.63. The van der Waals surface area contributed by atoms with E-state index in [4.69, 9.17) is 16.9 Å². The maximum Gasteiger partial charge on any atom is 0.178 e. The van der Waals surface area contributed by atoms with Crippen LogP contribution in [0.4, 0.5) is 10.1 Å². The Hall–Kier alpha value is -1.74. The lowest BCUT2D eigenvalue weighted by Gasteiger charge is -2.14. The van der Waals surface area contributed by atoms with Gasteiger partial charge in [0.1, 0.15) is 16.5 Å². The van der Waals surface area contributed by atoms with Crippen molar-refractivity contribution in [3.05, 3.63) is 17.4 Å². The summed E-state index contributed by atoms with van der Waals surface area (Å²) in [6, 6.07) is 0.912. The number of ether oxygens (including phenoxy) is 1. The van der Waals surface area contributed by atoms with E-state index in [1.54, 1.807) is 0 Å². The van der Waals surface area contributed by atoms with Crippen molar-refractivity contribution in [3.63, 3.8) is 0 Å². The lowest BCUT2D eigenvalue weighted by molar-refractivity contribution is 0.409. The Bertz CT molecular complexity index is 588. The van der Waals surface area contributed by atoms with E-state index in [-0.39, 0.29) is 23.4 Å². The molecule has 0 radical (unpaired) electrons. The van der Waals surface area contributed by atoms with Crippen molar-refractivity contribution in [2.75, 3.05) is 19.1 Å². The maximum absolute atomic E-state index is 13.7. The molecule has 1 aromatic rings. The highest BCUT2D eigenvalue weighted by Crippen LogP contribution is 2.34. The molecule has 1 rings (SSSR count). The topological polar surface area (TPSA) is 69.4 Å². The minimum Gasteiger partial charge on any atom is -0.494 e. The summed E-state index contributed by atoms with van der Waals surface area (Å²) < 4.78 is 41.7. The molecule has 1 aromatic carbocycles. The molecule has 0 aliphatic rings. The zero-order chi connectivity index (χ0) is 13.2. The average molecular weight is 257 g/mol. The van der Waals surface area contributed by atoms with E-state index in [0.29, 0.717) is 0 Å². The first-order valence-electron chi connectivity index (χ1n) is 4.61. The molecule has 2 N–H and O–H groups in total. The number of methoxy groups -OCH3 is 1.